The molecule has 0 saturated carbocycles. The summed E-state index contributed by atoms with van der Waals surface area (Å²) in [5, 5.41) is 9.04. The molecule has 1 N–H and O–H groups in total. The molecule has 1 aromatic heterocycles. The highest BCUT2D eigenvalue weighted by Gasteiger charge is 2.04. The Labute approximate surface area is 84.8 Å². The first-order valence-corrected chi connectivity index (χ1v) is 4.27. The number of nitriles is 1. The van der Waals surface area contributed by atoms with Gasteiger partial charge in [-0.05, 0) is 18.2 Å². The van der Waals surface area contributed by atoms with Crippen LogP contribution in [-0.4, -0.2) is 11.3 Å². The lowest BCUT2D eigenvalue weighted by Crippen LogP contribution is -2.09. The number of rotatable bonds is 1. The van der Waals surface area contributed by atoms with Crippen LogP contribution in [0.15, 0.2) is 29.2 Å². The van der Waals surface area contributed by atoms with Crippen molar-refractivity contribution in [3.63, 3.8) is 0 Å². The summed E-state index contributed by atoms with van der Waals surface area (Å²) in [6.07, 6.45) is 1.86. The van der Waals surface area contributed by atoms with Gasteiger partial charge in [0.15, 0.2) is 11.7 Å². The SMILES string of the molecule is N#Cc1ccc2[nH]cc(C=O)c(=O)c2c1. The van der Waals surface area contributed by atoms with E-state index in [1.165, 1.54) is 12.3 Å². The zero-order chi connectivity index (χ0) is 10.8. The minimum atomic E-state index is -0.351. The van der Waals surface area contributed by atoms with Gasteiger partial charge in [0.2, 0.25) is 0 Å². The van der Waals surface area contributed by atoms with Crippen LogP contribution < -0.4 is 5.43 Å². The molecule has 0 aliphatic carbocycles. The molecule has 1 heterocycles. The number of hydrogen-bond acceptors (Lipinski definition) is 3. The number of pyridine rings is 1. The van der Waals surface area contributed by atoms with Crippen molar-refractivity contribution in [2.45, 2.75) is 0 Å². The summed E-state index contributed by atoms with van der Waals surface area (Å²) in [7, 11) is 0. The van der Waals surface area contributed by atoms with Crippen molar-refractivity contribution in [1.29, 1.82) is 5.26 Å². The third-order valence-electron chi connectivity index (χ3n) is 2.17. The van der Waals surface area contributed by atoms with Crippen LogP contribution >= 0.6 is 0 Å². The molecule has 15 heavy (non-hydrogen) atoms. The van der Waals surface area contributed by atoms with E-state index in [1.807, 2.05) is 6.07 Å². The first-order valence-electron chi connectivity index (χ1n) is 4.27. The summed E-state index contributed by atoms with van der Waals surface area (Å²) in [6, 6.07) is 6.67. The maximum atomic E-state index is 11.7. The van der Waals surface area contributed by atoms with Crippen molar-refractivity contribution in [3.05, 3.63) is 45.7 Å². The monoisotopic (exact) mass is 198 g/mol. The number of benzene rings is 1. The molecule has 0 aliphatic heterocycles. The summed E-state index contributed by atoms with van der Waals surface area (Å²) >= 11 is 0. The van der Waals surface area contributed by atoms with Crippen LogP contribution in [0.2, 0.25) is 0 Å². The minimum Gasteiger partial charge on any atom is -0.360 e. The third kappa shape index (κ3) is 1.40. The zero-order valence-electron chi connectivity index (χ0n) is 7.65. The Bertz CT molecular complexity index is 635. The van der Waals surface area contributed by atoms with Gasteiger partial charge in [-0.15, -0.1) is 0 Å². The molecule has 72 valence electrons. The van der Waals surface area contributed by atoms with E-state index in [4.69, 9.17) is 5.26 Å². The lowest BCUT2D eigenvalue weighted by molar-refractivity contribution is 0.112. The van der Waals surface area contributed by atoms with E-state index >= 15 is 0 Å². The predicted molar refractivity (Wildman–Crippen MR) is 54.7 cm³/mol. The predicted octanol–water partition coefficient (Wildman–Crippen LogP) is 1.21. The van der Waals surface area contributed by atoms with E-state index in [1.54, 1.807) is 12.1 Å². The standard InChI is InChI=1S/C11H6N2O2/c12-4-7-1-2-10-9(3-7)11(15)8(6-14)5-13-10/h1-3,5-6H,(H,13,15). The van der Waals surface area contributed by atoms with Crippen molar-refractivity contribution in [2.75, 3.05) is 0 Å². The van der Waals surface area contributed by atoms with Crippen LogP contribution in [0.4, 0.5) is 0 Å². The van der Waals surface area contributed by atoms with Crippen LogP contribution in [0.5, 0.6) is 0 Å². The highest BCUT2D eigenvalue weighted by molar-refractivity contribution is 5.86. The Kier molecular flexibility index (Phi) is 2.07. The van der Waals surface area contributed by atoms with Gasteiger partial charge in [-0.25, -0.2) is 0 Å². The Morgan fingerprint density at radius 3 is 2.87 bits per heavy atom. The number of aldehydes is 1. The number of nitrogens with one attached hydrogen (secondary N) is 1. The molecule has 2 rings (SSSR count). The second-order valence-corrected chi connectivity index (χ2v) is 3.06. The van der Waals surface area contributed by atoms with Gasteiger partial charge in [0, 0.05) is 17.1 Å². The maximum absolute atomic E-state index is 11.7. The summed E-state index contributed by atoms with van der Waals surface area (Å²) < 4.78 is 0. The molecule has 0 bridgehead atoms. The normalized spacial score (nSPS) is 9.80. The first-order chi connectivity index (χ1) is 7.26. The van der Waals surface area contributed by atoms with Crippen molar-refractivity contribution in [2.24, 2.45) is 0 Å². The molecule has 0 atom stereocenters. The topological polar surface area (TPSA) is 73.7 Å². The van der Waals surface area contributed by atoms with Gasteiger partial charge in [-0.3, -0.25) is 9.59 Å². The smallest absolute Gasteiger partial charge is 0.199 e. The Morgan fingerprint density at radius 2 is 2.20 bits per heavy atom. The lowest BCUT2D eigenvalue weighted by atomic mass is 10.1. The van der Waals surface area contributed by atoms with Crippen molar-refractivity contribution >= 4 is 17.2 Å². The van der Waals surface area contributed by atoms with E-state index in [9.17, 15) is 9.59 Å². The molecule has 0 saturated heterocycles. The van der Waals surface area contributed by atoms with Crippen LogP contribution in [-0.2, 0) is 0 Å². The fraction of sp³-hybridized carbons (Fsp3) is 0. The number of hydrogen-bond donors (Lipinski definition) is 1. The van der Waals surface area contributed by atoms with E-state index in [2.05, 4.69) is 4.98 Å². The molecule has 4 heteroatoms. The van der Waals surface area contributed by atoms with Gasteiger partial charge >= 0.3 is 0 Å². The number of aromatic amines is 1. The van der Waals surface area contributed by atoms with E-state index < -0.39 is 0 Å². The zero-order valence-corrected chi connectivity index (χ0v) is 7.65. The Hall–Kier alpha value is -2.41. The van der Waals surface area contributed by atoms with Gasteiger partial charge in [0.05, 0.1) is 17.2 Å². The number of H-pyrrole nitrogens is 1. The third-order valence-corrected chi connectivity index (χ3v) is 2.17. The van der Waals surface area contributed by atoms with Crippen molar-refractivity contribution in [1.82, 2.24) is 4.98 Å². The molecule has 0 spiro atoms. The van der Waals surface area contributed by atoms with Gasteiger partial charge in [0.25, 0.3) is 0 Å². The molecule has 0 unspecified atom stereocenters. The fourth-order valence-electron chi connectivity index (χ4n) is 1.39. The fourth-order valence-corrected chi connectivity index (χ4v) is 1.39. The van der Waals surface area contributed by atoms with Crippen LogP contribution in [0.1, 0.15) is 15.9 Å². The van der Waals surface area contributed by atoms with Gasteiger partial charge in [-0.1, -0.05) is 0 Å². The van der Waals surface area contributed by atoms with Crippen molar-refractivity contribution in [3.8, 4) is 6.07 Å². The number of carbonyl (C=O) groups excluding carboxylic acids is 1. The molecule has 2 aromatic rings. The summed E-state index contributed by atoms with van der Waals surface area (Å²) in [5.41, 5.74) is 0.731. The van der Waals surface area contributed by atoms with Crippen LogP contribution in [0.25, 0.3) is 10.9 Å². The highest BCUT2D eigenvalue weighted by Crippen LogP contribution is 2.09. The van der Waals surface area contributed by atoms with Crippen LogP contribution in [0, 0.1) is 11.3 Å². The van der Waals surface area contributed by atoms with E-state index in [0.29, 0.717) is 22.8 Å². The lowest BCUT2D eigenvalue weighted by Gasteiger charge is -1.98. The number of carbonyl (C=O) groups is 1. The molecule has 0 aliphatic rings. The molecule has 0 radical (unpaired) electrons. The average molecular weight is 198 g/mol. The second kappa shape index (κ2) is 3.39. The summed E-state index contributed by atoms with van der Waals surface area (Å²) in [5.74, 6) is 0. The highest BCUT2D eigenvalue weighted by atomic mass is 16.1. The molecule has 0 fully saturated rings. The molecule has 1 aromatic carbocycles. The van der Waals surface area contributed by atoms with Gasteiger partial charge < -0.3 is 4.98 Å². The van der Waals surface area contributed by atoms with Gasteiger partial charge in [0.1, 0.15) is 0 Å². The summed E-state index contributed by atoms with van der Waals surface area (Å²) in [4.78, 5) is 25.0. The van der Waals surface area contributed by atoms with E-state index in [0.717, 1.165) is 0 Å². The second-order valence-electron chi connectivity index (χ2n) is 3.06. The van der Waals surface area contributed by atoms with Gasteiger partial charge in [-0.2, -0.15) is 5.26 Å². The first kappa shape index (κ1) is 9.16. The van der Waals surface area contributed by atoms with E-state index in [-0.39, 0.29) is 11.0 Å². The summed E-state index contributed by atoms with van der Waals surface area (Å²) in [6.45, 7) is 0. The maximum Gasteiger partial charge on any atom is 0.199 e. The minimum absolute atomic E-state index is 0.0672. The quantitative estimate of drug-likeness (QED) is 0.700. The molecule has 4 nitrogen and oxygen atoms in total. The average Bonchev–Trinajstić information content (AvgIpc) is 2.29. The largest absolute Gasteiger partial charge is 0.360 e. The Balaban J connectivity index is 2.91. The molecular formula is C11H6N2O2. The van der Waals surface area contributed by atoms with Crippen molar-refractivity contribution < 1.29 is 4.79 Å². The van der Waals surface area contributed by atoms with Crippen LogP contribution in [0.3, 0.4) is 0 Å². The Morgan fingerprint density at radius 1 is 1.40 bits per heavy atom. The number of aromatic nitrogens is 1. The molecule has 0 amide bonds. The number of nitrogens with zero attached hydrogens (tertiary/aromatic N) is 1. The molecular weight excluding hydrogens is 192 g/mol. The number of fused-ring (bicyclic) bond motifs is 1.